The van der Waals surface area contributed by atoms with Crippen LogP contribution in [0.3, 0.4) is 0 Å². The molecular formula is C21H19BrN2O4. The van der Waals surface area contributed by atoms with Gasteiger partial charge in [0.05, 0.1) is 11.1 Å². The molecular weight excluding hydrogens is 424 g/mol. The van der Waals surface area contributed by atoms with E-state index in [1.807, 2.05) is 25.1 Å². The fourth-order valence-electron chi connectivity index (χ4n) is 2.33. The normalized spacial score (nSPS) is 10.8. The van der Waals surface area contributed by atoms with E-state index in [4.69, 9.17) is 9.47 Å². The van der Waals surface area contributed by atoms with Crippen LogP contribution in [0.4, 0.5) is 5.69 Å². The van der Waals surface area contributed by atoms with E-state index in [-0.39, 0.29) is 11.3 Å². The van der Waals surface area contributed by atoms with Crippen LogP contribution in [0.5, 0.6) is 11.5 Å². The van der Waals surface area contributed by atoms with Crippen molar-refractivity contribution in [3.63, 3.8) is 0 Å². The number of rotatable bonds is 6. The largest absolute Gasteiger partial charge is 0.490 e. The Kier molecular flexibility index (Phi) is 7.36. The Morgan fingerprint density at radius 3 is 2.50 bits per heavy atom. The predicted molar refractivity (Wildman–Crippen MR) is 110 cm³/mol. The molecule has 0 saturated heterocycles. The van der Waals surface area contributed by atoms with Crippen LogP contribution in [0, 0.1) is 18.3 Å². The fourth-order valence-corrected chi connectivity index (χ4v) is 2.87. The number of esters is 1. The maximum atomic E-state index is 12.4. The van der Waals surface area contributed by atoms with Crippen LogP contribution in [0.25, 0.3) is 6.08 Å². The molecule has 0 spiro atoms. The second-order valence-electron chi connectivity index (χ2n) is 5.85. The lowest BCUT2D eigenvalue weighted by atomic mass is 10.1. The lowest BCUT2D eigenvalue weighted by molar-refractivity contribution is -0.132. The Bertz CT molecular complexity index is 960. The number of nitrogens with zero attached hydrogens (tertiary/aromatic N) is 1. The van der Waals surface area contributed by atoms with Gasteiger partial charge in [0.2, 0.25) is 0 Å². The quantitative estimate of drug-likeness (QED) is 0.305. The zero-order valence-corrected chi connectivity index (χ0v) is 17.3. The van der Waals surface area contributed by atoms with E-state index in [0.29, 0.717) is 28.1 Å². The zero-order valence-electron chi connectivity index (χ0n) is 15.7. The van der Waals surface area contributed by atoms with Crippen LogP contribution in [0.15, 0.2) is 46.4 Å². The van der Waals surface area contributed by atoms with Gasteiger partial charge in [0.15, 0.2) is 11.5 Å². The summed E-state index contributed by atoms with van der Waals surface area (Å²) in [5.41, 5.74) is 2.13. The predicted octanol–water partition coefficient (Wildman–Crippen LogP) is 4.63. The molecule has 7 heteroatoms. The van der Waals surface area contributed by atoms with Crippen LogP contribution in [-0.4, -0.2) is 18.5 Å². The van der Waals surface area contributed by atoms with Crippen molar-refractivity contribution in [1.82, 2.24) is 0 Å². The average molecular weight is 443 g/mol. The molecule has 0 heterocycles. The Morgan fingerprint density at radius 1 is 1.25 bits per heavy atom. The van der Waals surface area contributed by atoms with Gasteiger partial charge < -0.3 is 14.8 Å². The molecule has 0 fully saturated rings. The third-order valence-electron chi connectivity index (χ3n) is 3.56. The van der Waals surface area contributed by atoms with Gasteiger partial charge in [-0.05, 0) is 65.7 Å². The molecule has 0 aliphatic heterocycles. The highest BCUT2D eigenvalue weighted by Crippen LogP contribution is 2.37. The summed E-state index contributed by atoms with van der Waals surface area (Å²) in [7, 11) is 0. The van der Waals surface area contributed by atoms with Gasteiger partial charge in [-0.1, -0.05) is 17.7 Å². The number of ether oxygens (including phenoxy) is 2. The van der Waals surface area contributed by atoms with Crippen LogP contribution in [-0.2, 0) is 9.59 Å². The topological polar surface area (TPSA) is 88.4 Å². The standard InChI is InChI=1S/C21H19BrN2O4/c1-4-27-19-11-15(10-18(22)20(19)28-14(3)25)9-16(12-23)21(26)24-17-7-5-13(2)6-8-17/h5-11H,4H2,1-3H3,(H,24,26)/b16-9-. The molecule has 2 aromatic carbocycles. The molecule has 0 aliphatic rings. The Morgan fingerprint density at radius 2 is 1.93 bits per heavy atom. The van der Waals surface area contributed by atoms with Gasteiger partial charge >= 0.3 is 5.97 Å². The molecule has 144 valence electrons. The minimum atomic E-state index is -0.524. The molecule has 28 heavy (non-hydrogen) atoms. The van der Waals surface area contributed by atoms with Gasteiger partial charge in [-0.15, -0.1) is 0 Å². The highest BCUT2D eigenvalue weighted by Gasteiger charge is 2.15. The lowest BCUT2D eigenvalue weighted by Gasteiger charge is -2.12. The number of carbonyl (C=O) groups is 2. The molecule has 0 aromatic heterocycles. The number of aryl methyl sites for hydroxylation is 1. The second-order valence-corrected chi connectivity index (χ2v) is 6.70. The zero-order chi connectivity index (χ0) is 20.7. The lowest BCUT2D eigenvalue weighted by Crippen LogP contribution is -2.13. The van der Waals surface area contributed by atoms with Gasteiger partial charge in [-0.25, -0.2) is 0 Å². The SMILES string of the molecule is CCOc1cc(/C=C(/C#N)C(=O)Nc2ccc(C)cc2)cc(Br)c1OC(C)=O. The Balaban J connectivity index is 2.34. The average Bonchev–Trinajstić information content (AvgIpc) is 2.64. The summed E-state index contributed by atoms with van der Waals surface area (Å²) in [6, 6.07) is 12.4. The Labute approximate surface area is 171 Å². The van der Waals surface area contributed by atoms with Gasteiger partial charge in [-0.2, -0.15) is 5.26 Å². The summed E-state index contributed by atoms with van der Waals surface area (Å²) < 4.78 is 11.2. The van der Waals surface area contributed by atoms with Gasteiger partial charge in [0.1, 0.15) is 11.6 Å². The molecule has 0 radical (unpaired) electrons. The molecule has 0 aliphatic carbocycles. The summed E-state index contributed by atoms with van der Waals surface area (Å²) in [5.74, 6) is -0.437. The number of anilines is 1. The smallest absolute Gasteiger partial charge is 0.308 e. The number of benzene rings is 2. The molecule has 1 amide bonds. The van der Waals surface area contributed by atoms with Crippen molar-refractivity contribution in [3.8, 4) is 17.6 Å². The first-order chi connectivity index (χ1) is 13.3. The molecule has 1 N–H and O–H groups in total. The maximum absolute atomic E-state index is 12.4. The second kappa shape index (κ2) is 9.72. The van der Waals surface area contributed by atoms with Crippen molar-refractivity contribution >= 4 is 39.6 Å². The number of carbonyl (C=O) groups excluding carboxylic acids is 2. The number of hydrogen-bond acceptors (Lipinski definition) is 5. The van der Waals surface area contributed by atoms with E-state index in [1.54, 1.807) is 31.2 Å². The monoisotopic (exact) mass is 442 g/mol. The van der Waals surface area contributed by atoms with E-state index < -0.39 is 11.9 Å². The van der Waals surface area contributed by atoms with Crippen LogP contribution in [0.2, 0.25) is 0 Å². The van der Waals surface area contributed by atoms with E-state index >= 15 is 0 Å². The van der Waals surface area contributed by atoms with Crippen molar-refractivity contribution < 1.29 is 19.1 Å². The molecule has 0 atom stereocenters. The highest BCUT2D eigenvalue weighted by atomic mass is 79.9. The van der Waals surface area contributed by atoms with Crippen molar-refractivity contribution in [1.29, 1.82) is 5.26 Å². The first-order valence-corrected chi connectivity index (χ1v) is 9.28. The van der Waals surface area contributed by atoms with E-state index in [9.17, 15) is 14.9 Å². The van der Waals surface area contributed by atoms with Crippen molar-refractivity contribution in [2.24, 2.45) is 0 Å². The highest BCUT2D eigenvalue weighted by molar-refractivity contribution is 9.10. The number of halogens is 1. The third-order valence-corrected chi connectivity index (χ3v) is 4.15. The summed E-state index contributed by atoms with van der Waals surface area (Å²) >= 11 is 3.34. The number of nitrogens with one attached hydrogen (secondary N) is 1. The molecule has 0 saturated carbocycles. The minimum absolute atomic E-state index is 0.0739. The summed E-state index contributed by atoms with van der Waals surface area (Å²) in [4.78, 5) is 23.7. The van der Waals surface area contributed by atoms with E-state index in [0.717, 1.165) is 5.56 Å². The van der Waals surface area contributed by atoms with Crippen molar-refractivity contribution in [2.45, 2.75) is 20.8 Å². The van der Waals surface area contributed by atoms with Crippen molar-refractivity contribution in [3.05, 3.63) is 57.6 Å². The van der Waals surface area contributed by atoms with E-state index in [2.05, 4.69) is 21.2 Å². The number of hydrogen-bond donors (Lipinski definition) is 1. The first kappa shape index (κ1) is 21.2. The summed E-state index contributed by atoms with van der Waals surface area (Å²) in [6.07, 6.45) is 1.44. The van der Waals surface area contributed by atoms with Gasteiger partial charge in [0, 0.05) is 12.6 Å². The first-order valence-electron chi connectivity index (χ1n) is 8.48. The third kappa shape index (κ3) is 5.69. The van der Waals surface area contributed by atoms with Gasteiger partial charge in [-0.3, -0.25) is 9.59 Å². The molecule has 2 rings (SSSR count). The molecule has 0 unspecified atom stereocenters. The molecule has 6 nitrogen and oxygen atoms in total. The van der Waals surface area contributed by atoms with E-state index in [1.165, 1.54) is 13.0 Å². The van der Waals surface area contributed by atoms with Crippen LogP contribution >= 0.6 is 15.9 Å². The van der Waals surface area contributed by atoms with Crippen LogP contribution < -0.4 is 14.8 Å². The number of amides is 1. The molecule has 2 aromatic rings. The van der Waals surface area contributed by atoms with Crippen LogP contribution in [0.1, 0.15) is 25.0 Å². The maximum Gasteiger partial charge on any atom is 0.308 e. The summed E-state index contributed by atoms with van der Waals surface area (Å²) in [6.45, 7) is 5.38. The van der Waals surface area contributed by atoms with Gasteiger partial charge in [0.25, 0.3) is 5.91 Å². The Hall–Kier alpha value is -3.11. The molecule has 0 bridgehead atoms. The fraction of sp³-hybridized carbons (Fsp3) is 0.190. The summed E-state index contributed by atoms with van der Waals surface area (Å²) in [5, 5.41) is 12.1. The van der Waals surface area contributed by atoms with Crippen molar-refractivity contribution in [2.75, 3.05) is 11.9 Å². The number of nitriles is 1. The minimum Gasteiger partial charge on any atom is -0.490 e.